The first-order chi connectivity index (χ1) is 10.8. The topological polar surface area (TPSA) is 55.8 Å². The summed E-state index contributed by atoms with van der Waals surface area (Å²) in [6, 6.07) is 1.53. The molecule has 0 radical (unpaired) electrons. The van der Waals surface area contributed by atoms with E-state index in [0.717, 1.165) is 12.0 Å². The van der Waals surface area contributed by atoms with E-state index >= 15 is 0 Å². The second kappa shape index (κ2) is 7.17. The van der Waals surface area contributed by atoms with Gasteiger partial charge in [0.2, 0.25) is 0 Å². The van der Waals surface area contributed by atoms with E-state index in [1.165, 1.54) is 22.5 Å². The zero-order valence-corrected chi connectivity index (χ0v) is 14.8. The molecule has 1 aliphatic rings. The Bertz CT molecular complexity index is 586. The van der Waals surface area contributed by atoms with E-state index in [4.69, 9.17) is 9.57 Å². The van der Waals surface area contributed by atoms with Crippen LogP contribution >= 0.6 is 11.3 Å². The van der Waals surface area contributed by atoms with E-state index in [1.54, 1.807) is 20.8 Å². The van der Waals surface area contributed by atoms with Gasteiger partial charge in [-0.05, 0) is 38.6 Å². The third kappa shape index (κ3) is 4.82. The summed E-state index contributed by atoms with van der Waals surface area (Å²) in [4.78, 5) is 30.5. The molecule has 0 aliphatic carbocycles. The minimum Gasteiger partial charge on any atom is -0.442 e. The van der Waals surface area contributed by atoms with Crippen molar-refractivity contribution in [2.24, 2.45) is 0 Å². The highest BCUT2D eigenvalue weighted by Gasteiger charge is 2.34. The molecule has 0 fully saturated rings. The summed E-state index contributed by atoms with van der Waals surface area (Å²) in [7, 11) is 0. The van der Waals surface area contributed by atoms with Gasteiger partial charge in [-0.2, -0.15) is 11.3 Å². The number of hydroxylamine groups is 2. The number of ketones is 1. The molecule has 0 saturated heterocycles. The van der Waals surface area contributed by atoms with Gasteiger partial charge >= 0.3 is 6.09 Å². The number of amides is 1. The minimum absolute atomic E-state index is 0.0456. The van der Waals surface area contributed by atoms with Crippen LogP contribution in [-0.4, -0.2) is 28.6 Å². The van der Waals surface area contributed by atoms with Crippen molar-refractivity contribution in [3.05, 3.63) is 28.5 Å². The lowest BCUT2D eigenvalue weighted by molar-refractivity contribution is -0.126. The van der Waals surface area contributed by atoms with Crippen LogP contribution in [0.3, 0.4) is 0 Å². The molecular weight excluding hydrogens is 314 g/mol. The first kappa shape index (κ1) is 17.5. The Kier molecular flexibility index (Phi) is 5.46. The molecule has 0 aromatic carbocycles. The minimum atomic E-state index is -0.625. The Hall–Kier alpha value is -1.82. The number of carbonyl (C=O) groups is 2. The average Bonchev–Trinajstić information content (AvgIpc) is 2.89. The first-order valence-electron chi connectivity index (χ1n) is 7.77. The fourth-order valence-electron chi connectivity index (χ4n) is 2.31. The molecule has 1 aromatic heterocycles. The Morgan fingerprint density at radius 2 is 2.22 bits per heavy atom. The molecular formula is C17H23NO4S. The Labute approximate surface area is 140 Å². The number of ether oxygens (including phenoxy) is 1. The fraction of sp³-hybridized carbons (Fsp3) is 0.529. The van der Waals surface area contributed by atoms with E-state index in [0.29, 0.717) is 12.2 Å². The summed E-state index contributed by atoms with van der Waals surface area (Å²) in [6.45, 7) is 7.42. The molecule has 1 aromatic rings. The second-order valence-corrected chi connectivity index (χ2v) is 7.31. The summed E-state index contributed by atoms with van der Waals surface area (Å²) >= 11 is 1.51. The maximum atomic E-state index is 12.5. The molecule has 0 spiro atoms. The third-order valence-corrected chi connectivity index (χ3v) is 3.94. The van der Waals surface area contributed by atoms with Gasteiger partial charge in [0, 0.05) is 23.4 Å². The van der Waals surface area contributed by atoms with Crippen molar-refractivity contribution in [3.63, 3.8) is 0 Å². The predicted molar refractivity (Wildman–Crippen MR) is 89.8 cm³/mol. The second-order valence-electron chi connectivity index (χ2n) is 6.53. The van der Waals surface area contributed by atoms with Crippen LogP contribution in [-0.2, 0) is 14.4 Å². The van der Waals surface area contributed by atoms with Gasteiger partial charge in [0.15, 0.2) is 11.5 Å². The zero-order chi connectivity index (χ0) is 17.0. The number of rotatable bonds is 3. The van der Waals surface area contributed by atoms with Gasteiger partial charge in [0.25, 0.3) is 0 Å². The smallest absolute Gasteiger partial charge is 0.442 e. The zero-order valence-electron chi connectivity index (χ0n) is 14.0. The van der Waals surface area contributed by atoms with Crippen LogP contribution in [0.4, 0.5) is 4.79 Å². The first-order valence-corrected chi connectivity index (χ1v) is 8.71. The molecule has 23 heavy (non-hydrogen) atoms. The van der Waals surface area contributed by atoms with Crippen molar-refractivity contribution in [1.82, 2.24) is 5.06 Å². The van der Waals surface area contributed by atoms with Crippen LogP contribution in [0.1, 0.15) is 52.5 Å². The fourth-order valence-corrected chi connectivity index (χ4v) is 2.96. The number of hydrogen-bond acceptors (Lipinski definition) is 5. The normalized spacial score (nSPS) is 19.0. The quantitative estimate of drug-likeness (QED) is 0.820. The molecule has 2 heterocycles. The van der Waals surface area contributed by atoms with Crippen molar-refractivity contribution in [2.75, 3.05) is 0 Å². The van der Waals surface area contributed by atoms with Crippen molar-refractivity contribution in [1.29, 1.82) is 0 Å². The predicted octanol–water partition coefficient (Wildman–Crippen LogP) is 4.40. The van der Waals surface area contributed by atoms with Gasteiger partial charge in [-0.15, -0.1) is 5.06 Å². The molecule has 2 rings (SSSR count). The third-order valence-electron chi connectivity index (χ3n) is 3.26. The molecule has 126 valence electrons. The number of thiophene rings is 1. The summed E-state index contributed by atoms with van der Waals surface area (Å²) in [5, 5.41) is 5.01. The maximum Gasteiger partial charge on any atom is 0.444 e. The van der Waals surface area contributed by atoms with Crippen molar-refractivity contribution in [2.45, 2.75) is 58.6 Å². The highest BCUT2D eigenvalue weighted by atomic mass is 32.1. The highest BCUT2D eigenvalue weighted by molar-refractivity contribution is 7.08. The van der Waals surface area contributed by atoms with Crippen molar-refractivity contribution >= 4 is 29.0 Å². The lowest BCUT2D eigenvalue weighted by atomic mass is 10.1. The molecule has 0 N–H and O–H groups in total. The summed E-state index contributed by atoms with van der Waals surface area (Å²) < 4.78 is 5.44. The number of carbonyl (C=O) groups excluding carboxylic acids is 2. The number of hydrogen-bond donors (Lipinski definition) is 0. The maximum absolute atomic E-state index is 12.5. The summed E-state index contributed by atoms with van der Waals surface area (Å²) in [5.41, 5.74) is 0.161. The van der Waals surface area contributed by atoms with Crippen LogP contribution in [0.25, 0.3) is 5.76 Å². The van der Waals surface area contributed by atoms with Crippen molar-refractivity contribution in [3.8, 4) is 0 Å². The Balaban J connectivity index is 2.28. The average molecular weight is 337 g/mol. The Morgan fingerprint density at radius 3 is 2.78 bits per heavy atom. The van der Waals surface area contributed by atoms with E-state index in [9.17, 15) is 9.59 Å². The number of allylic oxidation sites excluding steroid dienone is 1. The standard InChI is InChI=1S/C17H23NO4S/c1-5-6-13-9-14(19)10-15(12-7-8-23-11-12)22-18(13)16(20)21-17(2,3)4/h7-8,10-11,13H,5-6,9H2,1-4H3. The van der Waals surface area contributed by atoms with Crippen LogP contribution in [0, 0.1) is 0 Å². The monoisotopic (exact) mass is 337 g/mol. The van der Waals surface area contributed by atoms with Crippen LogP contribution < -0.4 is 0 Å². The van der Waals surface area contributed by atoms with Crippen LogP contribution in [0.15, 0.2) is 22.9 Å². The van der Waals surface area contributed by atoms with Crippen LogP contribution in [0.5, 0.6) is 0 Å². The SMILES string of the molecule is CCCC1CC(=O)C=C(c2ccsc2)ON1C(=O)OC(C)(C)C. The van der Waals surface area contributed by atoms with Gasteiger partial charge < -0.3 is 9.57 Å². The van der Waals surface area contributed by atoms with E-state index in [-0.39, 0.29) is 18.2 Å². The van der Waals surface area contributed by atoms with E-state index in [2.05, 4.69) is 0 Å². The molecule has 1 amide bonds. The highest BCUT2D eigenvalue weighted by Crippen LogP contribution is 2.28. The van der Waals surface area contributed by atoms with Crippen molar-refractivity contribution < 1.29 is 19.2 Å². The summed E-state index contributed by atoms with van der Waals surface area (Å²) in [6.07, 6.45) is 2.66. The molecule has 5 nitrogen and oxygen atoms in total. The lowest BCUT2D eigenvalue weighted by Crippen LogP contribution is -2.43. The summed E-state index contributed by atoms with van der Waals surface area (Å²) in [5.74, 6) is 0.344. The van der Waals surface area contributed by atoms with Gasteiger partial charge in [-0.25, -0.2) is 4.79 Å². The molecule has 0 bridgehead atoms. The number of nitrogens with zero attached hydrogens (tertiary/aromatic N) is 1. The molecule has 6 heteroatoms. The van der Waals surface area contributed by atoms with Gasteiger partial charge in [0.1, 0.15) is 5.60 Å². The van der Waals surface area contributed by atoms with Gasteiger partial charge in [-0.3, -0.25) is 4.79 Å². The van der Waals surface area contributed by atoms with E-state index < -0.39 is 11.7 Å². The van der Waals surface area contributed by atoms with Gasteiger partial charge in [-0.1, -0.05) is 13.3 Å². The molecule has 1 unspecified atom stereocenters. The van der Waals surface area contributed by atoms with Crippen LogP contribution in [0.2, 0.25) is 0 Å². The Morgan fingerprint density at radius 1 is 1.48 bits per heavy atom. The molecule has 0 saturated carbocycles. The van der Waals surface area contributed by atoms with Gasteiger partial charge in [0.05, 0.1) is 6.04 Å². The molecule has 1 aliphatic heterocycles. The lowest BCUT2D eigenvalue weighted by Gasteiger charge is -2.31. The van der Waals surface area contributed by atoms with E-state index in [1.807, 2.05) is 23.8 Å². The molecule has 1 atom stereocenters. The largest absolute Gasteiger partial charge is 0.444 e.